The predicted molar refractivity (Wildman–Crippen MR) is 66.4 cm³/mol. The van der Waals surface area contributed by atoms with Gasteiger partial charge in [0, 0.05) is 18.1 Å². The minimum atomic E-state index is -4.72. The van der Waals surface area contributed by atoms with E-state index in [1.165, 1.54) is 0 Å². The Labute approximate surface area is 115 Å². The summed E-state index contributed by atoms with van der Waals surface area (Å²) in [6.07, 6.45) is -4.72. The molecule has 0 amide bonds. The van der Waals surface area contributed by atoms with E-state index in [4.69, 9.17) is 10.8 Å². The van der Waals surface area contributed by atoms with Crippen molar-refractivity contribution in [2.45, 2.75) is 26.1 Å². The van der Waals surface area contributed by atoms with Crippen molar-refractivity contribution in [3.63, 3.8) is 0 Å². The van der Waals surface area contributed by atoms with Crippen molar-refractivity contribution >= 4 is 12.4 Å². The van der Waals surface area contributed by atoms with Gasteiger partial charge >= 0.3 is 6.18 Å². The van der Waals surface area contributed by atoms with Crippen LogP contribution in [0.2, 0.25) is 0 Å². The number of halogens is 5. The molecule has 0 unspecified atom stereocenters. The zero-order chi connectivity index (χ0) is 14.1. The van der Waals surface area contributed by atoms with Crippen molar-refractivity contribution in [2.24, 2.45) is 11.1 Å². The standard InChI is InChI=1S/C12H15F4NO.ClH/c1-11(2,6-18)10(17)7-3-4-8(9(13)5-7)12(14,15)16;/h3-5,10,18H,6,17H2,1-2H3;1H/t10-;/m1./s1. The van der Waals surface area contributed by atoms with Gasteiger partial charge in [-0.15, -0.1) is 12.4 Å². The summed E-state index contributed by atoms with van der Waals surface area (Å²) >= 11 is 0. The van der Waals surface area contributed by atoms with Crippen LogP contribution < -0.4 is 5.73 Å². The summed E-state index contributed by atoms with van der Waals surface area (Å²) in [5, 5.41) is 9.13. The lowest BCUT2D eigenvalue weighted by Gasteiger charge is -2.30. The Kier molecular flexibility index (Phi) is 5.80. The molecule has 0 aliphatic rings. The first-order valence-corrected chi connectivity index (χ1v) is 5.32. The van der Waals surface area contributed by atoms with Crippen molar-refractivity contribution in [3.8, 4) is 0 Å². The summed E-state index contributed by atoms with van der Waals surface area (Å²) in [5.41, 5.74) is 3.96. The van der Waals surface area contributed by atoms with Crippen LogP contribution in [0, 0.1) is 11.2 Å². The molecule has 1 atom stereocenters. The van der Waals surface area contributed by atoms with Crippen LogP contribution in [0.1, 0.15) is 31.0 Å². The highest BCUT2D eigenvalue weighted by Crippen LogP contribution is 2.35. The zero-order valence-electron chi connectivity index (χ0n) is 10.5. The van der Waals surface area contributed by atoms with E-state index < -0.39 is 29.0 Å². The van der Waals surface area contributed by atoms with Gasteiger partial charge in [-0.2, -0.15) is 13.2 Å². The van der Waals surface area contributed by atoms with Gasteiger partial charge in [-0.05, 0) is 17.7 Å². The second-order valence-electron chi connectivity index (χ2n) is 4.86. The maximum Gasteiger partial charge on any atom is 0.419 e. The van der Waals surface area contributed by atoms with Gasteiger partial charge in [-0.1, -0.05) is 19.9 Å². The monoisotopic (exact) mass is 301 g/mol. The molecule has 0 fully saturated rings. The third-order valence-electron chi connectivity index (χ3n) is 2.91. The third kappa shape index (κ3) is 4.06. The lowest BCUT2D eigenvalue weighted by molar-refractivity contribution is -0.140. The van der Waals surface area contributed by atoms with Gasteiger partial charge in [0.2, 0.25) is 0 Å². The Morgan fingerprint density at radius 2 is 1.79 bits per heavy atom. The van der Waals surface area contributed by atoms with Gasteiger partial charge in [0.1, 0.15) is 5.82 Å². The minimum Gasteiger partial charge on any atom is -0.396 e. The molecule has 2 nitrogen and oxygen atoms in total. The average Bonchev–Trinajstić information content (AvgIpc) is 2.26. The maximum atomic E-state index is 13.4. The Bertz CT molecular complexity index is 434. The molecule has 1 aromatic carbocycles. The Morgan fingerprint density at radius 1 is 1.26 bits per heavy atom. The number of benzene rings is 1. The number of nitrogens with two attached hydrogens (primary N) is 1. The van der Waals surface area contributed by atoms with E-state index in [1.54, 1.807) is 13.8 Å². The van der Waals surface area contributed by atoms with Gasteiger partial charge in [0.25, 0.3) is 0 Å². The Morgan fingerprint density at radius 3 is 2.16 bits per heavy atom. The van der Waals surface area contributed by atoms with Crippen LogP contribution in [0.25, 0.3) is 0 Å². The van der Waals surface area contributed by atoms with E-state index in [2.05, 4.69) is 0 Å². The molecule has 0 heterocycles. The van der Waals surface area contributed by atoms with E-state index >= 15 is 0 Å². The summed E-state index contributed by atoms with van der Waals surface area (Å²) < 4.78 is 50.5. The SMILES string of the molecule is CC(C)(CO)[C@H](N)c1ccc(C(F)(F)F)c(F)c1.Cl. The molecule has 0 aliphatic heterocycles. The Hall–Kier alpha value is -0.850. The summed E-state index contributed by atoms with van der Waals surface area (Å²) in [5.74, 6) is -1.36. The predicted octanol–water partition coefficient (Wildman–Crippen LogP) is 3.28. The van der Waals surface area contributed by atoms with Crippen molar-refractivity contribution in [3.05, 3.63) is 35.1 Å². The topological polar surface area (TPSA) is 46.2 Å². The van der Waals surface area contributed by atoms with E-state index in [9.17, 15) is 17.6 Å². The number of aliphatic hydroxyl groups excluding tert-OH is 1. The summed E-state index contributed by atoms with van der Waals surface area (Å²) in [6, 6.07) is 1.82. The van der Waals surface area contributed by atoms with E-state index in [0.717, 1.165) is 12.1 Å². The molecule has 0 aliphatic carbocycles. The quantitative estimate of drug-likeness (QED) is 0.842. The van der Waals surface area contributed by atoms with Crippen LogP contribution in [0.5, 0.6) is 0 Å². The van der Waals surface area contributed by atoms with E-state index in [-0.39, 0.29) is 24.6 Å². The van der Waals surface area contributed by atoms with Crippen LogP contribution in [-0.4, -0.2) is 11.7 Å². The molecule has 0 saturated carbocycles. The first-order chi connectivity index (χ1) is 8.09. The molecular formula is C12H16ClF4NO. The molecule has 7 heteroatoms. The van der Waals surface area contributed by atoms with Gasteiger partial charge in [0.05, 0.1) is 5.56 Å². The van der Waals surface area contributed by atoms with E-state index in [0.29, 0.717) is 6.07 Å². The Balaban J connectivity index is 0.00000324. The molecule has 0 spiro atoms. The number of aliphatic hydroxyl groups is 1. The van der Waals surface area contributed by atoms with Crippen LogP contribution in [0.3, 0.4) is 0 Å². The van der Waals surface area contributed by atoms with Gasteiger partial charge in [-0.25, -0.2) is 4.39 Å². The highest BCUT2D eigenvalue weighted by atomic mass is 35.5. The second-order valence-corrected chi connectivity index (χ2v) is 4.86. The van der Waals surface area contributed by atoms with Crippen LogP contribution in [0.4, 0.5) is 17.6 Å². The lowest BCUT2D eigenvalue weighted by atomic mass is 9.81. The summed E-state index contributed by atoms with van der Waals surface area (Å²) in [6.45, 7) is 3.04. The fraction of sp³-hybridized carbons (Fsp3) is 0.500. The lowest BCUT2D eigenvalue weighted by Crippen LogP contribution is -2.32. The molecule has 0 bridgehead atoms. The minimum absolute atomic E-state index is 0. The van der Waals surface area contributed by atoms with Gasteiger partial charge < -0.3 is 10.8 Å². The number of hydrogen-bond donors (Lipinski definition) is 2. The summed E-state index contributed by atoms with van der Waals surface area (Å²) in [4.78, 5) is 0. The zero-order valence-corrected chi connectivity index (χ0v) is 11.3. The molecule has 0 aromatic heterocycles. The fourth-order valence-electron chi connectivity index (χ4n) is 1.50. The van der Waals surface area contributed by atoms with Crippen molar-refractivity contribution in [2.75, 3.05) is 6.61 Å². The maximum absolute atomic E-state index is 13.4. The van der Waals surface area contributed by atoms with Crippen LogP contribution >= 0.6 is 12.4 Å². The first-order valence-electron chi connectivity index (χ1n) is 5.32. The molecule has 1 rings (SSSR count). The number of hydrogen-bond acceptors (Lipinski definition) is 2. The van der Waals surface area contributed by atoms with Gasteiger partial charge in [-0.3, -0.25) is 0 Å². The smallest absolute Gasteiger partial charge is 0.396 e. The second kappa shape index (κ2) is 6.07. The molecular weight excluding hydrogens is 286 g/mol. The van der Waals surface area contributed by atoms with Crippen molar-refractivity contribution < 1.29 is 22.7 Å². The molecule has 19 heavy (non-hydrogen) atoms. The summed E-state index contributed by atoms with van der Waals surface area (Å²) in [7, 11) is 0. The third-order valence-corrected chi connectivity index (χ3v) is 2.91. The van der Waals surface area contributed by atoms with Crippen molar-refractivity contribution in [1.82, 2.24) is 0 Å². The molecule has 110 valence electrons. The average molecular weight is 302 g/mol. The van der Waals surface area contributed by atoms with E-state index in [1.807, 2.05) is 0 Å². The highest BCUT2D eigenvalue weighted by Gasteiger charge is 2.35. The van der Waals surface area contributed by atoms with Gasteiger partial charge in [0.15, 0.2) is 0 Å². The molecule has 3 N–H and O–H groups in total. The molecule has 0 radical (unpaired) electrons. The number of rotatable bonds is 3. The first kappa shape index (κ1) is 18.1. The largest absolute Gasteiger partial charge is 0.419 e. The molecule has 0 saturated heterocycles. The number of alkyl halides is 3. The van der Waals surface area contributed by atoms with Crippen molar-refractivity contribution in [1.29, 1.82) is 0 Å². The molecule has 1 aromatic rings. The fourth-order valence-corrected chi connectivity index (χ4v) is 1.50. The normalized spacial score (nSPS) is 13.9. The van der Waals surface area contributed by atoms with Crippen LogP contribution in [0.15, 0.2) is 18.2 Å². The highest BCUT2D eigenvalue weighted by molar-refractivity contribution is 5.85. The van der Waals surface area contributed by atoms with Crippen LogP contribution in [-0.2, 0) is 6.18 Å².